The summed E-state index contributed by atoms with van der Waals surface area (Å²) in [6.45, 7) is 7.17. The maximum atomic E-state index is 14.2. The molecule has 6 bridgehead atoms. The normalized spacial score (nSPS) is 33.2. The minimum absolute atomic E-state index is 0.00122. The molecule has 10 rings (SSSR count). The number of carbonyl (C=O) groups excluding carboxylic acids is 2. The number of nitrogens with one attached hydrogen (secondary N) is 2. The number of piperidine rings is 3. The highest BCUT2D eigenvalue weighted by molar-refractivity contribution is 5.93. The number of hydrogen-bond donors (Lipinski definition) is 2. The van der Waals surface area contributed by atoms with Crippen molar-refractivity contribution < 1.29 is 23.8 Å². The minimum atomic E-state index is -0.725. The topological polar surface area (TPSA) is 99.9 Å². The first-order chi connectivity index (χ1) is 25.3. The number of rotatable bonds is 5. The summed E-state index contributed by atoms with van der Waals surface area (Å²) in [7, 11) is 6.99. The number of aromatic amines is 2. The van der Waals surface area contributed by atoms with E-state index in [4.69, 9.17) is 14.2 Å². The number of ether oxygens (including phenoxy) is 3. The maximum absolute atomic E-state index is 14.2. The van der Waals surface area contributed by atoms with Gasteiger partial charge in [-0.1, -0.05) is 43.2 Å². The van der Waals surface area contributed by atoms with Gasteiger partial charge in [0, 0.05) is 76.4 Å². The van der Waals surface area contributed by atoms with Crippen LogP contribution in [-0.4, -0.2) is 91.8 Å². The largest absolute Gasteiger partial charge is 0.496 e. The van der Waals surface area contributed by atoms with Crippen LogP contribution in [-0.2, 0) is 37.3 Å². The highest BCUT2D eigenvalue weighted by Crippen LogP contribution is 2.56. The van der Waals surface area contributed by atoms with E-state index in [1.165, 1.54) is 41.3 Å². The van der Waals surface area contributed by atoms with Crippen molar-refractivity contribution in [2.24, 2.45) is 23.7 Å². The monoisotopic (exact) mass is 704 g/mol. The fraction of sp³-hybridized carbons (Fsp3) is 0.535. The van der Waals surface area contributed by atoms with Crippen molar-refractivity contribution in [3.63, 3.8) is 0 Å². The first-order valence-corrected chi connectivity index (χ1v) is 19.3. The maximum Gasteiger partial charge on any atom is 0.319 e. The number of aromatic nitrogens is 2. The van der Waals surface area contributed by atoms with Gasteiger partial charge in [-0.2, -0.15) is 0 Å². The van der Waals surface area contributed by atoms with Crippen molar-refractivity contribution in [1.29, 1.82) is 0 Å². The quantitative estimate of drug-likeness (QED) is 0.181. The van der Waals surface area contributed by atoms with E-state index in [-0.39, 0.29) is 41.8 Å². The molecule has 9 atom stereocenters. The van der Waals surface area contributed by atoms with Gasteiger partial charge in [-0.25, -0.2) is 0 Å². The number of likely N-dealkylation sites (tertiary alicyclic amines) is 1. The predicted octanol–water partition coefficient (Wildman–Crippen LogP) is 6.49. The van der Waals surface area contributed by atoms with Gasteiger partial charge in [-0.3, -0.25) is 19.4 Å². The molecule has 9 heteroatoms. The number of fused-ring (bicyclic) bond motifs is 9. The van der Waals surface area contributed by atoms with E-state index in [2.05, 4.69) is 83.1 Å². The molecule has 4 aromatic rings. The molecule has 5 unspecified atom stereocenters. The molecule has 0 radical (unpaired) electrons. The van der Waals surface area contributed by atoms with Crippen molar-refractivity contribution in [3.05, 3.63) is 76.1 Å². The molecule has 6 aliphatic rings. The lowest BCUT2D eigenvalue weighted by atomic mass is 9.56. The van der Waals surface area contributed by atoms with Crippen LogP contribution in [0.4, 0.5) is 0 Å². The Morgan fingerprint density at radius 3 is 2.60 bits per heavy atom. The molecule has 0 amide bonds. The number of allylic oxidation sites excluding steroid dienone is 1. The Balaban J connectivity index is 1.27. The lowest BCUT2D eigenvalue weighted by molar-refractivity contribution is -0.162. The van der Waals surface area contributed by atoms with E-state index >= 15 is 0 Å². The lowest BCUT2D eigenvalue weighted by Crippen LogP contribution is -2.67. The Hall–Kier alpha value is -4.08. The second-order valence-corrected chi connectivity index (χ2v) is 16.3. The lowest BCUT2D eigenvalue weighted by Gasteiger charge is -2.57. The molecular formula is C43H52N4O5. The number of para-hydroxylation sites is 1. The van der Waals surface area contributed by atoms with Crippen LogP contribution < -0.4 is 4.74 Å². The van der Waals surface area contributed by atoms with E-state index in [0.29, 0.717) is 11.8 Å². The van der Waals surface area contributed by atoms with Crippen molar-refractivity contribution in [2.45, 2.75) is 75.8 Å². The highest BCUT2D eigenvalue weighted by Gasteiger charge is 2.62. The summed E-state index contributed by atoms with van der Waals surface area (Å²) < 4.78 is 17.6. The molecule has 9 nitrogen and oxygen atoms in total. The van der Waals surface area contributed by atoms with E-state index in [1.54, 1.807) is 14.2 Å². The van der Waals surface area contributed by atoms with Crippen LogP contribution in [0.5, 0.6) is 5.75 Å². The highest BCUT2D eigenvalue weighted by atomic mass is 16.5. The number of hydrogen-bond acceptors (Lipinski definition) is 7. The average Bonchev–Trinajstić information content (AvgIpc) is 3.69. The molecule has 1 saturated carbocycles. The predicted molar refractivity (Wildman–Crippen MR) is 202 cm³/mol. The Bertz CT molecular complexity index is 2110. The standard InChI is InChI=1S/C43H52N4O5/c1-7-24-15-23-20-43(42(49)52-6)39-27(13-14-47(21-23)40(24)43)29-19-36(50-4)30(17-34(29)45-39)31-16-28-25(8-2)22-46(3)35(37(28)41(48)51-5)18-32-26-11-9-10-12-33(26)44-38(31)32/h8-12,17,19,23-24,28,31,35,37,40,44-45H,7,13-16,18,20-22H2,1-6H3/b25-8-/t23?,24-,28?,31-,35-,37?,40?,43+/m1/s1. The van der Waals surface area contributed by atoms with Crippen molar-refractivity contribution >= 4 is 33.7 Å². The summed E-state index contributed by atoms with van der Waals surface area (Å²) in [5.41, 5.74) is 8.48. The number of nitrogens with zero attached hydrogens (tertiary/aromatic N) is 2. The van der Waals surface area contributed by atoms with Gasteiger partial charge in [0.15, 0.2) is 0 Å². The van der Waals surface area contributed by atoms with Gasteiger partial charge >= 0.3 is 11.9 Å². The van der Waals surface area contributed by atoms with E-state index in [1.807, 2.05) is 0 Å². The SMILES string of the molecule is C/C=C1/CN(C)[C@@H]2Cc3c([nH]c4ccccc34)[C@@H](c3cc4[nH]c5c(c4cc3OC)CCN3CC4C[C@@H](CC)C3[C@]5(C(=O)OC)C4)CC1C2C(=O)OC. The Labute approximate surface area is 306 Å². The van der Waals surface area contributed by atoms with Crippen molar-refractivity contribution in [3.8, 4) is 5.75 Å². The molecule has 6 heterocycles. The van der Waals surface area contributed by atoms with Gasteiger partial charge in [0.25, 0.3) is 0 Å². The summed E-state index contributed by atoms with van der Waals surface area (Å²) in [4.78, 5) is 40.8. The number of esters is 2. The number of methoxy groups -OCH3 is 3. The zero-order chi connectivity index (χ0) is 36.1. The summed E-state index contributed by atoms with van der Waals surface area (Å²) in [6, 6.07) is 13.2. The minimum Gasteiger partial charge on any atom is -0.496 e. The smallest absolute Gasteiger partial charge is 0.319 e. The molecule has 2 aliphatic carbocycles. The molecule has 52 heavy (non-hydrogen) atoms. The molecule has 0 spiro atoms. The third kappa shape index (κ3) is 4.67. The van der Waals surface area contributed by atoms with E-state index in [9.17, 15) is 9.59 Å². The molecular weight excluding hydrogens is 652 g/mol. The third-order valence-corrected chi connectivity index (χ3v) is 14.1. The average molecular weight is 705 g/mol. The van der Waals surface area contributed by atoms with E-state index < -0.39 is 5.41 Å². The first-order valence-electron chi connectivity index (χ1n) is 19.3. The van der Waals surface area contributed by atoms with Gasteiger partial charge in [0.05, 0.1) is 27.2 Å². The van der Waals surface area contributed by atoms with Gasteiger partial charge in [-0.05, 0) is 93.2 Å². The number of carbonyl (C=O) groups is 2. The number of likely N-dealkylation sites (N-methyl/N-ethyl adjacent to an activating group) is 1. The molecule has 2 N–H and O–H groups in total. The summed E-state index contributed by atoms with van der Waals surface area (Å²) in [6.07, 6.45) is 7.59. The number of H-pyrrole nitrogens is 2. The molecule has 4 aliphatic heterocycles. The Morgan fingerprint density at radius 2 is 1.85 bits per heavy atom. The van der Waals surface area contributed by atoms with Crippen molar-refractivity contribution in [2.75, 3.05) is 48.0 Å². The van der Waals surface area contributed by atoms with Crippen LogP contribution in [0, 0.1) is 23.7 Å². The summed E-state index contributed by atoms with van der Waals surface area (Å²) in [5.74, 6) is 1.11. The van der Waals surface area contributed by atoms with Gasteiger partial charge in [0.2, 0.25) is 0 Å². The third-order valence-electron chi connectivity index (χ3n) is 14.1. The molecule has 2 aromatic heterocycles. The van der Waals surface area contributed by atoms with Crippen LogP contribution in [0.1, 0.15) is 73.5 Å². The zero-order valence-corrected chi connectivity index (χ0v) is 31.4. The van der Waals surface area contributed by atoms with E-state index in [0.717, 1.165) is 85.2 Å². The van der Waals surface area contributed by atoms with Crippen molar-refractivity contribution in [1.82, 2.24) is 19.8 Å². The fourth-order valence-electron chi connectivity index (χ4n) is 12.1. The second-order valence-electron chi connectivity index (χ2n) is 16.3. The molecule has 274 valence electrons. The summed E-state index contributed by atoms with van der Waals surface area (Å²) in [5, 5.41) is 2.32. The van der Waals surface area contributed by atoms with Gasteiger partial charge < -0.3 is 24.2 Å². The van der Waals surface area contributed by atoms with Gasteiger partial charge in [-0.15, -0.1) is 0 Å². The zero-order valence-electron chi connectivity index (χ0n) is 31.4. The molecule has 2 aromatic carbocycles. The Kier molecular flexibility index (Phi) is 8.12. The first kappa shape index (κ1) is 33.7. The summed E-state index contributed by atoms with van der Waals surface area (Å²) >= 11 is 0. The molecule has 3 saturated heterocycles. The Morgan fingerprint density at radius 1 is 1.02 bits per heavy atom. The van der Waals surface area contributed by atoms with Crippen LogP contribution >= 0.6 is 0 Å². The van der Waals surface area contributed by atoms with Crippen LogP contribution in [0.15, 0.2) is 48.0 Å². The van der Waals surface area contributed by atoms with Crippen LogP contribution in [0.3, 0.4) is 0 Å². The molecule has 4 fully saturated rings. The van der Waals surface area contributed by atoms with Crippen LogP contribution in [0.2, 0.25) is 0 Å². The van der Waals surface area contributed by atoms with Crippen LogP contribution in [0.25, 0.3) is 21.8 Å². The number of benzene rings is 2. The fourth-order valence-corrected chi connectivity index (χ4v) is 12.1. The van der Waals surface area contributed by atoms with Gasteiger partial charge in [0.1, 0.15) is 11.2 Å². The second kappa shape index (κ2) is 12.5.